The van der Waals surface area contributed by atoms with Crippen molar-refractivity contribution in [2.45, 2.75) is 182 Å². The topological polar surface area (TPSA) is 327 Å². The molecular formula is C59H80N4O22S4. The SMILES string of the molecule is C=C(OC)C(=O)Nc1cc(OC)c(OC)cc1C(=O)OC1C[C@H](O[C@@H]2C(=O)C(=NC(=O)OC)C3=C(CCSSSC)[C@]2(O)C#C/C=C/C#C[C@@H]3O[C@@H]2O[C@H](C)[C@@H](NO[C@H]3C[C@H](O)[C@H](SC)[C@@H](C)O3)[C@H](O)[C@H]2O[C@H]2C[C@H](OC)[C@@H](NC(C)C)CO2)O[C@@H](C)[C@@H]1O. The molecule has 0 radical (unpaired) electrons. The number of benzene rings is 1. The Hall–Kier alpha value is -4.49. The molecule has 492 valence electrons. The van der Waals surface area contributed by atoms with Crippen molar-refractivity contribution in [3.8, 4) is 35.2 Å². The van der Waals surface area contributed by atoms with E-state index < -0.39 is 134 Å². The summed E-state index contributed by atoms with van der Waals surface area (Å²) in [4.78, 5) is 66.6. The third-order valence-corrected chi connectivity index (χ3v) is 20.5. The first-order valence-corrected chi connectivity index (χ1v) is 33.9. The quantitative estimate of drug-likeness (QED) is 0.0139. The molecule has 2 bridgehead atoms. The molecule has 1 aromatic carbocycles. The molecule has 7 rings (SSSR count). The summed E-state index contributed by atoms with van der Waals surface area (Å²) in [7, 11) is 10.8. The van der Waals surface area contributed by atoms with E-state index in [0.717, 1.165) is 7.11 Å². The number of allylic oxidation sites excluding steroid dienone is 2. The molecule has 6 aliphatic rings. The number of ketones is 1. The Kier molecular flexibility index (Phi) is 27.0. The van der Waals surface area contributed by atoms with Crippen LogP contribution in [0, 0.1) is 23.7 Å². The fraction of sp³-hybridized carbons (Fsp3) is 0.644. The van der Waals surface area contributed by atoms with Gasteiger partial charge in [0.2, 0.25) is 5.78 Å². The minimum absolute atomic E-state index is 0.0308. The summed E-state index contributed by atoms with van der Waals surface area (Å²) in [5, 5.41) is 54.3. The summed E-state index contributed by atoms with van der Waals surface area (Å²) >= 11 is 1.47. The van der Waals surface area contributed by atoms with E-state index in [2.05, 4.69) is 51.4 Å². The monoisotopic (exact) mass is 1320 g/mol. The minimum Gasteiger partial charge on any atom is -0.493 e. The smallest absolute Gasteiger partial charge is 0.433 e. The summed E-state index contributed by atoms with van der Waals surface area (Å²) in [6.07, 6.45) is -13.5. The highest BCUT2D eigenvalue weighted by atomic mass is 33.5. The zero-order chi connectivity index (χ0) is 64.9. The first-order chi connectivity index (χ1) is 42.5. The Bertz CT molecular complexity index is 2890. The number of hydroxylamine groups is 1. The number of nitrogens with one attached hydrogen (secondary N) is 3. The van der Waals surface area contributed by atoms with Gasteiger partial charge < -0.3 is 92.6 Å². The molecule has 4 heterocycles. The number of hydrogen-bond donors (Lipinski definition) is 7. The maximum atomic E-state index is 15.6. The second-order valence-corrected chi connectivity index (χ2v) is 27.0. The van der Waals surface area contributed by atoms with Gasteiger partial charge in [0, 0.05) is 55.9 Å². The molecule has 0 saturated carbocycles. The zero-order valence-electron chi connectivity index (χ0n) is 51.4. The fourth-order valence-electron chi connectivity index (χ4n) is 10.9. The van der Waals surface area contributed by atoms with Crippen molar-refractivity contribution in [2.75, 3.05) is 65.7 Å². The number of fused-ring (bicyclic) bond motifs is 1. The van der Waals surface area contributed by atoms with Crippen LogP contribution in [-0.4, -0.2) is 232 Å². The predicted octanol–water partition coefficient (Wildman–Crippen LogP) is 3.77. The van der Waals surface area contributed by atoms with Gasteiger partial charge in [-0.3, -0.25) is 14.4 Å². The highest BCUT2D eigenvalue weighted by Crippen LogP contribution is 2.43. The number of hydrogen-bond acceptors (Lipinski definition) is 28. The maximum Gasteiger partial charge on any atom is 0.433 e. The molecule has 1 unspecified atom stereocenters. The molecule has 89 heavy (non-hydrogen) atoms. The number of thioether (sulfide) groups is 1. The molecule has 7 N–H and O–H groups in total. The third-order valence-electron chi connectivity index (χ3n) is 15.3. The van der Waals surface area contributed by atoms with E-state index in [1.54, 1.807) is 14.0 Å². The normalized spacial score (nSPS) is 34.5. The van der Waals surface area contributed by atoms with Gasteiger partial charge in [-0.25, -0.2) is 9.59 Å². The number of aliphatic imine (C=N–C) groups is 1. The third kappa shape index (κ3) is 17.6. The Morgan fingerprint density at radius 2 is 1.57 bits per heavy atom. The van der Waals surface area contributed by atoms with Crippen LogP contribution in [0.5, 0.6) is 11.5 Å². The minimum atomic E-state index is -2.62. The predicted molar refractivity (Wildman–Crippen MR) is 331 cm³/mol. The van der Waals surface area contributed by atoms with E-state index >= 15 is 4.79 Å². The van der Waals surface area contributed by atoms with Crippen molar-refractivity contribution < 1.29 is 106 Å². The second kappa shape index (κ2) is 33.4. The number of aliphatic hydroxyl groups is 4. The van der Waals surface area contributed by atoms with Gasteiger partial charge in [0.25, 0.3) is 5.91 Å². The molecule has 0 spiro atoms. The average Bonchev–Trinajstić information content (AvgIpc) is 0.971. The summed E-state index contributed by atoms with van der Waals surface area (Å²) < 4.78 is 77.9. The lowest BCUT2D eigenvalue weighted by molar-refractivity contribution is -0.336. The van der Waals surface area contributed by atoms with Crippen molar-refractivity contribution in [3.05, 3.63) is 53.3 Å². The number of Topliss-reactive ketones (excluding diaryl/α,β-unsaturated/α-hetero) is 1. The van der Waals surface area contributed by atoms with E-state index in [0.29, 0.717) is 0 Å². The number of esters is 1. The largest absolute Gasteiger partial charge is 0.493 e. The van der Waals surface area contributed by atoms with E-state index in [9.17, 15) is 34.8 Å². The molecule has 4 fully saturated rings. The molecule has 19 atom stereocenters. The molecule has 2 amide bonds. The molecule has 30 heteroatoms. The van der Waals surface area contributed by atoms with Crippen LogP contribution in [0.1, 0.15) is 70.7 Å². The van der Waals surface area contributed by atoms with Crippen LogP contribution in [0.2, 0.25) is 0 Å². The molecule has 1 aromatic rings. The van der Waals surface area contributed by atoms with Gasteiger partial charge in [0.15, 0.2) is 54.1 Å². The highest BCUT2D eigenvalue weighted by molar-refractivity contribution is 9.09. The van der Waals surface area contributed by atoms with E-state index in [4.69, 9.17) is 66.4 Å². The lowest BCUT2D eigenvalue weighted by atomic mass is 9.72. The van der Waals surface area contributed by atoms with Gasteiger partial charge >= 0.3 is 12.1 Å². The Labute approximate surface area is 533 Å². The van der Waals surface area contributed by atoms with E-state index in [1.807, 2.05) is 33.3 Å². The number of anilines is 1. The second-order valence-electron chi connectivity index (χ2n) is 21.5. The molecule has 0 aromatic heterocycles. The molecule has 4 aliphatic heterocycles. The van der Waals surface area contributed by atoms with E-state index in [-0.39, 0.29) is 94.7 Å². The first kappa shape index (κ1) is 71.9. The van der Waals surface area contributed by atoms with Crippen molar-refractivity contribution in [3.63, 3.8) is 0 Å². The lowest BCUT2D eigenvalue weighted by Crippen LogP contribution is -2.65. The van der Waals surface area contributed by atoms with Gasteiger partial charge in [-0.2, -0.15) is 22.2 Å². The van der Waals surface area contributed by atoms with Crippen LogP contribution >= 0.6 is 43.2 Å². The summed E-state index contributed by atoms with van der Waals surface area (Å²) in [6.45, 7) is 12.6. The number of nitrogens with zero attached hydrogens (tertiary/aromatic N) is 1. The Morgan fingerprint density at radius 3 is 2.24 bits per heavy atom. The number of carbonyl (C=O) groups is 4. The van der Waals surface area contributed by atoms with Crippen LogP contribution in [0.15, 0.2) is 52.8 Å². The van der Waals surface area contributed by atoms with Gasteiger partial charge in [0.05, 0.1) is 94.2 Å². The van der Waals surface area contributed by atoms with Crippen molar-refractivity contribution >= 4 is 78.3 Å². The summed E-state index contributed by atoms with van der Waals surface area (Å²) in [5.74, 6) is 8.71. The van der Waals surface area contributed by atoms with Gasteiger partial charge in [0.1, 0.15) is 36.2 Å². The van der Waals surface area contributed by atoms with Crippen molar-refractivity contribution in [1.82, 2.24) is 10.8 Å². The summed E-state index contributed by atoms with van der Waals surface area (Å²) in [6, 6.07) is 1.39. The number of aliphatic hydroxyl groups excluding tert-OH is 3. The number of rotatable bonds is 25. The summed E-state index contributed by atoms with van der Waals surface area (Å²) in [5.41, 5.74) is -0.914. The number of carbonyl (C=O) groups excluding carboxylic acids is 4. The lowest BCUT2D eigenvalue weighted by Gasteiger charge is -2.47. The van der Waals surface area contributed by atoms with Crippen molar-refractivity contribution in [2.24, 2.45) is 4.99 Å². The Balaban J connectivity index is 1.27. The average molecular weight is 1330 g/mol. The fourth-order valence-corrected chi connectivity index (χ4v) is 14.4. The van der Waals surface area contributed by atoms with Crippen LogP contribution in [0.25, 0.3) is 0 Å². The maximum absolute atomic E-state index is 15.6. The zero-order valence-corrected chi connectivity index (χ0v) is 54.7. The Morgan fingerprint density at radius 1 is 0.865 bits per heavy atom. The van der Waals surface area contributed by atoms with Crippen LogP contribution < -0.4 is 25.6 Å². The first-order valence-electron chi connectivity index (χ1n) is 28.5. The standard InChI is InChI=1S/C59H80N4O22S4/c1-28(2)60-36-27-77-43(25-39(36)73-8)83-52-50(66)47(63-85-45-24-37(64)53(86-12)31(5)79-45)29(3)80-57(52)82-38-18-16-14-15-17-20-59(71)34(19-21-88-89-87-13)46(38)48(62-58(70)76-11)51(67)54(59)84-44-26-42(49(65)30(4)78-44)81-56(69)33-22-40(74-9)41(75-10)23-35(33)61-55(68)32(6)72-7/h14-15,22-23,28-31,36-39,42-45,47,49-50,52-54,57,60,63-66,71H,6,19,21,24-27H2,1-5,7-13H3,(H,61,68)/b15-14+,62-48?/t29-,30+,31-,36+,37+,38+,39+,42?,43+,44+,45+,47-,49+,50+,52-,53-,54-,57+,59-/m1/s1. The molecule has 26 nitrogen and oxygen atoms in total. The van der Waals surface area contributed by atoms with Crippen LogP contribution in [0.3, 0.4) is 0 Å². The van der Waals surface area contributed by atoms with Gasteiger partial charge in [-0.15, -0.1) is 0 Å². The molecular weight excluding hydrogens is 1240 g/mol. The number of amides is 2. The van der Waals surface area contributed by atoms with Crippen LogP contribution in [0.4, 0.5) is 10.5 Å². The van der Waals surface area contributed by atoms with Gasteiger partial charge in [-0.05, 0) is 67.3 Å². The van der Waals surface area contributed by atoms with E-state index in [1.165, 1.54) is 95.7 Å². The van der Waals surface area contributed by atoms with Gasteiger partial charge in [-0.1, -0.05) is 65.7 Å². The van der Waals surface area contributed by atoms with Crippen molar-refractivity contribution in [1.29, 1.82) is 0 Å². The molecule has 4 saturated heterocycles. The number of methoxy groups -OCH3 is 5. The highest BCUT2D eigenvalue weighted by Gasteiger charge is 2.57. The molecule has 2 aliphatic carbocycles. The number of ether oxygens (including phenoxy) is 13. The van der Waals surface area contributed by atoms with Crippen LogP contribution in [-0.2, 0) is 66.5 Å².